The monoisotopic (exact) mass is 229 g/mol. The fourth-order valence-corrected chi connectivity index (χ4v) is 1.73. The van der Waals surface area contributed by atoms with Crippen LogP contribution in [0.25, 0.3) is 0 Å². The second kappa shape index (κ2) is 10.9. The molecular weight excluding hydrogens is 202 g/mol. The van der Waals surface area contributed by atoms with Gasteiger partial charge in [-0.1, -0.05) is 51.9 Å². The van der Waals surface area contributed by atoms with Crippen molar-refractivity contribution in [2.45, 2.75) is 58.3 Å². The van der Waals surface area contributed by atoms with Gasteiger partial charge in [0.1, 0.15) is 6.61 Å². The molecule has 0 saturated carbocycles. The van der Waals surface area contributed by atoms with Crippen molar-refractivity contribution in [1.29, 1.82) is 0 Å². The largest absolute Gasteiger partial charge is 0.387 e. The van der Waals surface area contributed by atoms with E-state index in [1.165, 1.54) is 44.9 Å². The summed E-state index contributed by atoms with van der Waals surface area (Å²) in [6.07, 6.45) is 10.2. The normalized spacial score (nSPS) is 10.4. The van der Waals surface area contributed by atoms with E-state index < -0.39 is 0 Å². The number of carbonyl (C=O) groups excluding carboxylic acids is 1. The van der Waals surface area contributed by atoms with Crippen LogP contribution in [0.4, 0.5) is 0 Å². The first kappa shape index (κ1) is 15.4. The van der Waals surface area contributed by atoms with Gasteiger partial charge in [-0.3, -0.25) is 4.79 Å². The van der Waals surface area contributed by atoms with Crippen molar-refractivity contribution in [2.75, 3.05) is 20.2 Å². The minimum atomic E-state index is -0.368. The average molecular weight is 229 g/mol. The minimum Gasteiger partial charge on any atom is -0.387 e. The Kier molecular flexibility index (Phi) is 10.5. The van der Waals surface area contributed by atoms with E-state index in [0.717, 1.165) is 13.0 Å². The lowest BCUT2D eigenvalue weighted by Crippen LogP contribution is -2.30. The maximum absolute atomic E-state index is 11.0. The fourth-order valence-electron chi connectivity index (χ4n) is 1.73. The average Bonchev–Trinajstić information content (AvgIpc) is 2.31. The maximum atomic E-state index is 11.0. The van der Waals surface area contributed by atoms with Crippen molar-refractivity contribution in [2.24, 2.45) is 0 Å². The van der Waals surface area contributed by atoms with E-state index in [1.807, 2.05) is 0 Å². The van der Waals surface area contributed by atoms with Crippen molar-refractivity contribution in [3.05, 3.63) is 0 Å². The Morgan fingerprint density at radius 3 is 2.00 bits per heavy atom. The van der Waals surface area contributed by atoms with Crippen LogP contribution in [0.5, 0.6) is 0 Å². The number of aliphatic hydroxyl groups is 1. The first-order chi connectivity index (χ1) is 7.72. The van der Waals surface area contributed by atoms with Crippen LogP contribution in [-0.2, 0) is 4.79 Å². The summed E-state index contributed by atoms with van der Waals surface area (Å²) in [5.74, 6) is -0.178. The third kappa shape index (κ3) is 8.72. The number of hydrogen-bond acceptors (Lipinski definition) is 2. The zero-order valence-corrected chi connectivity index (χ0v) is 10.9. The third-order valence-electron chi connectivity index (χ3n) is 2.91. The van der Waals surface area contributed by atoms with Gasteiger partial charge in [0.15, 0.2) is 0 Å². The van der Waals surface area contributed by atoms with E-state index >= 15 is 0 Å². The molecule has 0 bridgehead atoms. The summed E-state index contributed by atoms with van der Waals surface area (Å²) in [5, 5.41) is 8.64. The molecule has 0 unspecified atom stereocenters. The van der Waals surface area contributed by atoms with Crippen LogP contribution in [0.1, 0.15) is 58.3 Å². The molecule has 0 aliphatic rings. The Labute approximate surface area is 99.8 Å². The number of likely N-dealkylation sites (N-methyl/N-ethyl adjacent to an activating group) is 1. The van der Waals surface area contributed by atoms with Gasteiger partial charge in [0.05, 0.1) is 0 Å². The SMILES string of the molecule is CCCCCCCCCCN(C)C(=O)CO. The van der Waals surface area contributed by atoms with Gasteiger partial charge in [-0.2, -0.15) is 0 Å². The Morgan fingerprint density at radius 2 is 1.50 bits per heavy atom. The van der Waals surface area contributed by atoms with E-state index in [2.05, 4.69) is 6.92 Å². The fraction of sp³-hybridized carbons (Fsp3) is 0.923. The van der Waals surface area contributed by atoms with E-state index in [9.17, 15) is 4.79 Å². The second-order valence-electron chi connectivity index (χ2n) is 4.45. The van der Waals surface area contributed by atoms with Gasteiger partial charge in [0, 0.05) is 13.6 Å². The summed E-state index contributed by atoms with van der Waals surface area (Å²) in [6, 6.07) is 0. The molecule has 0 heterocycles. The minimum absolute atomic E-state index is 0.178. The first-order valence-electron chi connectivity index (χ1n) is 6.57. The molecule has 0 spiro atoms. The molecule has 0 atom stereocenters. The Morgan fingerprint density at radius 1 is 1.00 bits per heavy atom. The molecule has 0 rings (SSSR count). The van der Waals surface area contributed by atoms with Crippen LogP contribution < -0.4 is 0 Å². The van der Waals surface area contributed by atoms with Crippen LogP contribution in [0.3, 0.4) is 0 Å². The van der Waals surface area contributed by atoms with Gasteiger partial charge < -0.3 is 10.0 Å². The molecule has 0 fully saturated rings. The van der Waals surface area contributed by atoms with Gasteiger partial charge >= 0.3 is 0 Å². The van der Waals surface area contributed by atoms with Crippen LogP contribution >= 0.6 is 0 Å². The molecular formula is C13H27NO2. The molecule has 0 saturated heterocycles. The molecule has 0 aromatic rings. The van der Waals surface area contributed by atoms with Crippen molar-refractivity contribution in [3.63, 3.8) is 0 Å². The van der Waals surface area contributed by atoms with E-state index in [-0.39, 0.29) is 12.5 Å². The molecule has 3 heteroatoms. The third-order valence-corrected chi connectivity index (χ3v) is 2.91. The van der Waals surface area contributed by atoms with E-state index in [1.54, 1.807) is 11.9 Å². The molecule has 0 aromatic heterocycles. The summed E-state index contributed by atoms with van der Waals surface area (Å²) in [7, 11) is 1.75. The van der Waals surface area contributed by atoms with Gasteiger partial charge in [-0.25, -0.2) is 0 Å². The van der Waals surface area contributed by atoms with Crippen molar-refractivity contribution < 1.29 is 9.90 Å². The highest BCUT2D eigenvalue weighted by Crippen LogP contribution is 2.08. The number of unbranched alkanes of at least 4 members (excludes halogenated alkanes) is 7. The van der Waals surface area contributed by atoms with Gasteiger partial charge in [-0.05, 0) is 6.42 Å². The first-order valence-corrected chi connectivity index (χ1v) is 6.57. The topological polar surface area (TPSA) is 40.5 Å². The maximum Gasteiger partial charge on any atom is 0.248 e. The van der Waals surface area contributed by atoms with Crippen LogP contribution in [-0.4, -0.2) is 36.1 Å². The van der Waals surface area contributed by atoms with Crippen molar-refractivity contribution in [3.8, 4) is 0 Å². The second-order valence-corrected chi connectivity index (χ2v) is 4.45. The summed E-state index contributed by atoms with van der Waals surface area (Å²) in [4.78, 5) is 12.6. The van der Waals surface area contributed by atoms with Crippen molar-refractivity contribution >= 4 is 5.91 Å². The molecule has 0 aliphatic heterocycles. The quantitative estimate of drug-likeness (QED) is 0.585. The van der Waals surface area contributed by atoms with Crippen LogP contribution in [0, 0.1) is 0 Å². The summed E-state index contributed by atoms with van der Waals surface area (Å²) in [5.41, 5.74) is 0. The highest BCUT2D eigenvalue weighted by molar-refractivity contribution is 5.76. The summed E-state index contributed by atoms with van der Waals surface area (Å²) >= 11 is 0. The van der Waals surface area contributed by atoms with E-state index in [4.69, 9.17) is 5.11 Å². The highest BCUT2D eigenvalue weighted by Gasteiger charge is 2.05. The Hall–Kier alpha value is -0.570. The lowest BCUT2D eigenvalue weighted by atomic mass is 10.1. The number of carbonyl (C=O) groups is 1. The van der Waals surface area contributed by atoms with E-state index in [0.29, 0.717) is 0 Å². The zero-order valence-electron chi connectivity index (χ0n) is 10.9. The molecule has 0 radical (unpaired) electrons. The smallest absolute Gasteiger partial charge is 0.248 e. The predicted octanol–water partition coefficient (Wildman–Crippen LogP) is 2.58. The lowest BCUT2D eigenvalue weighted by Gasteiger charge is -2.15. The molecule has 96 valence electrons. The predicted molar refractivity (Wildman–Crippen MR) is 67.3 cm³/mol. The van der Waals surface area contributed by atoms with Gasteiger partial charge in [0.2, 0.25) is 5.91 Å². The number of aliphatic hydroxyl groups excluding tert-OH is 1. The molecule has 3 nitrogen and oxygen atoms in total. The van der Waals surface area contributed by atoms with Gasteiger partial charge in [0.25, 0.3) is 0 Å². The number of rotatable bonds is 10. The molecule has 16 heavy (non-hydrogen) atoms. The van der Waals surface area contributed by atoms with Crippen molar-refractivity contribution in [1.82, 2.24) is 4.90 Å². The van der Waals surface area contributed by atoms with Crippen LogP contribution in [0.2, 0.25) is 0 Å². The molecule has 1 N–H and O–H groups in total. The summed E-state index contributed by atoms with van der Waals surface area (Å²) in [6.45, 7) is 2.63. The molecule has 0 aliphatic carbocycles. The Bertz CT molecular complexity index is 171. The Balaban J connectivity index is 3.17. The summed E-state index contributed by atoms with van der Waals surface area (Å²) < 4.78 is 0. The molecule has 0 aromatic carbocycles. The van der Waals surface area contributed by atoms with Crippen LogP contribution in [0.15, 0.2) is 0 Å². The molecule has 1 amide bonds. The number of amides is 1. The standard InChI is InChI=1S/C13H27NO2/c1-3-4-5-6-7-8-9-10-11-14(2)13(16)12-15/h15H,3-12H2,1-2H3. The number of hydrogen-bond donors (Lipinski definition) is 1. The zero-order chi connectivity index (χ0) is 12.2. The highest BCUT2D eigenvalue weighted by atomic mass is 16.3. The van der Waals surface area contributed by atoms with Gasteiger partial charge in [-0.15, -0.1) is 0 Å². The lowest BCUT2D eigenvalue weighted by molar-refractivity contribution is -0.132. The number of nitrogens with zero attached hydrogens (tertiary/aromatic N) is 1.